The Balaban J connectivity index is 1.93. The van der Waals surface area contributed by atoms with Crippen LogP contribution in [-0.2, 0) is 9.47 Å². The average Bonchev–Trinajstić information content (AvgIpc) is 2.93. The van der Waals surface area contributed by atoms with Crippen LogP contribution in [0.15, 0.2) is 24.3 Å². The van der Waals surface area contributed by atoms with E-state index in [9.17, 15) is 0 Å². The quantitative estimate of drug-likeness (QED) is 0.761. The summed E-state index contributed by atoms with van der Waals surface area (Å²) in [6, 6.07) is 8.78. The van der Waals surface area contributed by atoms with Crippen molar-refractivity contribution in [2.24, 2.45) is 0 Å². The molecule has 3 heteroatoms. The van der Waals surface area contributed by atoms with Crippen LogP contribution in [0, 0.1) is 0 Å². The maximum Gasteiger partial charge on any atom is 0.185 e. The Hall–Kier alpha value is -0.430. The molecule has 0 N–H and O–H groups in total. The zero-order valence-corrected chi connectivity index (χ0v) is 13.8. The van der Waals surface area contributed by atoms with Crippen molar-refractivity contribution in [3.05, 3.63) is 29.8 Å². The van der Waals surface area contributed by atoms with E-state index in [1.54, 1.807) is 0 Å². The molecule has 0 aliphatic carbocycles. The summed E-state index contributed by atoms with van der Waals surface area (Å²) in [5.41, 5.74) is 2.91. The van der Waals surface area contributed by atoms with Gasteiger partial charge in [-0.2, -0.15) is 0 Å². The van der Waals surface area contributed by atoms with E-state index >= 15 is 0 Å². The first-order valence-corrected chi connectivity index (χ1v) is 9.24. The molecular weight excluding hydrogens is 267 g/mol. The van der Waals surface area contributed by atoms with Gasteiger partial charge in [-0.15, -0.1) is 0 Å². The second-order valence-electron chi connectivity index (χ2n) is 6.26. The summed E-state index contributed by atoms with van der Waals surface area (Å²) in [5, 5.41) is 1.51. The van der Waals surface area contributed by atoms with Crippen LogP contribution in [0.3, 0.4) is 0 Å². The molecule has 0 bridgehead atoms. The molecule has 110 valence electrons. The van der Waals surface area contributed by atoms with Gasteiger partial charge >= 0.3 is 0 Å². The lowest BCUT2D eigenvalue weighted by Gasteiger charge is -2.26. The smallest absolute Gasteiger partial charge is 0.185 e. The maximum atomic E-state index is 6.02. The van der Waals surface area contributed by atoms with Gasteiger partial charge < -0.3 is 9.47 Å². The molecule has 2 heterocycles. The van der Waals surface area contributed by atoms with E-state index < -0.39 is 0 Å². The summed E-state index contributed by atoms with van der Waals surface area (Å²) in [4.78, 5) is 0. The summed E-state index contributed by atoms with van der Waals surface area (Å²) in [7, 11) is -0.0881. The van der Waals surface area contributed by atoms with Gasteiger partial charge in [-0.3, -0.25) is 0 Å². The van der Waals surface area contributed by atoms with Gasteiger partial charge in [0.25, 0.3) is 0 Å². The minimum Gasteiger partial charge on any atom is -0.343 e. The Bertz CT molecular complexity index is 456. The molecule has 0 saturated carbocycles. The van der Waals surface area contributed by atoms with Crippen LogP contribution in [0.1, 0.15) is 52.4 Å². The molecule has 2 fully saturated rings. The highest BCUT2D eigenvalue weighted by Crippen LogP contribution is 2.55. The Morgan fingerprint density at radius 1 is 0.900 bits per heavy atom. The Kier molecular flexibility index (Phi) is 4.17. The normalized spacial score (nSPS) is 35.8. The fourth-order valence-electron chi connectivity index (χ4n) is 3.38. The number of hydrogen-bond donors (Lipinski definition) is 0. The molecular formula is C17H25O2P. The summed E-state index contributed by atoms with van der Waals surface area (Å²) >= 11 is 0. The largest absolute Gasteiger partial charge is 0.343 e. The fourth-order valence-corrected chi connectivity index (χ4v) is 6.79. The summed E-state index contributed by atoms with van der Waals surface area (Å²) < 4.78 is 12.0. The van der Waals surface area contributed by atoms with E-state index in [1.807, 2.05) is 0 Å². The zero-order valence-electron chi connectivity index (χ0n) is 12.9. The summed E-state index contributed by atoms with van der Waals surface area (Å²) in [5.74, 6) is 0. The molecule has 2 aliphatic heterocycles. The molecule has 2 aliphatic rings. The third kappa shape index (κ3) is 2.54. The van der Waals surface area contributed by atoms with Crippen molar-refractivity contribution in [3.63, 3.8) is 0 Å². The topological polar surface area (TPSA) is 18.5 Å². The number of ether oxygens (including phenoxy) is 2. The second-order valence-corrected chi connectivity index (χ2v) is 9.32. The van der Waals surface area contributed by atoms with E-state index in [2.05, 4.69) is 52.0 Å². The number of rotatable bonds is 2. The summed E-state index contributed by atoms with van der Waals surface area (Å²) in [6.45, 7) is 9.01. The molecule has 0 spiro atoms. The molecule has 0 amide bonds. The molecule has 2 nitrogen and oxygen atoms in total. The Morgan fingerprint density at radius 2 is 1.45 bits per heavy atom. The van der Waals surface area contributed by atoms with Crippen molar-refractivity contribution < 1.29 is 9.47 Å². The van der Waals surface area contributed by atoms with E-state index in [1.165, 1.54) is 23.7 Å². The van der Waals surface area contributed by atoms with E-state index in [0.717, 1.165) is 11.3 Å². The van der Waals surface area contributed by atoms with Crippen molar-refractivity contribution in [1.29, 1.82) is 0 Å². The number of hydrogen-bond acceptors (Lipinski definition) is 2. The maximum absolute atomic E-state index is 6.02. The molecule has 2 saturated heterocycles. The van der Waals surface area contributed by atoms with Gasteiger partial charge in [-0.25, -0.2) is 0 Å². The van der Waals surface area contributed by atoms with Crippen molar-refractivity contribution in [2.75, 3.05) is 0 Å². The van der Waals surface area contributed by atoms with Gasteiger partial charge in [-0.1, -0.05) is 46.0 Å². The average molecular weight is 292 g/mol. The third-order valence-electron chi connectivity index (χ3n) is 4.76. The van der Waals surface area contributed by atoms with Gasteiger partial charge in [0.15, 0.2) is 6.29 Å². The lowest BCUT2D eigenvalue weighted by Crippen LogP contribution is -2.19. The lowest BCUT2D eigenvalue weighted by atomic mass is 10.2. The van der Waals surface area contributed by atoms with Crippen molar-refractivity contribution in [1.82, 2.24) is 0 Å². The minimum absolute atomic E-state index is 0.0881. The van der Waals surface area contributed by atoms with Crippen molar-refractivity contribution in [2.45, 2.75) is 70.4 Å². The predicted octanol–water partition coefficient (Wildman–Crippen LogP) is 4.19. The molecule has 3 rings (SSSR count). The Labute approximate surface area is 123 Å². The molecule has 0 aromatic heterocycles. The zero-order chi connectivity index (χ0) is 14.3. The minimum atomic E-state index is -0.168. The van der Waals surface area contributed by atoms with Gasteiger partial charge in [0.2, 0.25) is 0 Å². The number of benzene rings is 1. The van der Waals surface area contributed by atoms with Crippen LogP contribution in [0.5, 0.6) is 0 Å². The van der Waals surface area contributed by atoms with Crippen molar-refractivity contribution in [3.8, 4) is 0 Å². The van der Waals surface area contributed by atoms with Crippen LogP contribution in [-0.4, -0.2) is 23.5 Å². The first-order chi connectivity index (χ1) is 9.58. The fraction of sp³-hybridized carbons (Fsp3) is 0.647. The van der Waals surface area contributed by atoms with Gasteiger partial charge in [0.05, 0.1) is 12.2 Å². The SMILES string of the molecule is C[C@@H]1OC(c2ccccc2P2[C@@H](C)CC[C@@H]2C)O[C@H]1C. The molecule has 4 atom stereocenters. The van der Waals surface area contributed by atoms with Crippen LogP contribution < -0.4 is 5.30 Å². The van der Waals surface area contributed by atoms with Crippen LogP contribution in [0.25, 0.3) is 0 Å². The van der Waals surface area contributed by atoms with Crippen LogP contribution in [0.4, 0.5) is 0 Å². The van der Waals surface area contributed by atoms with Crippen LogP contribution in [0.2, 0.25) is 0 Å². The summed E-state index contributed by atoms with van der Waals surface area (Å²) in [6.07, 6.45) is 2.91. The lowest BCUT2D eigenvalue weighted by molar-refractivity contribution is -0.0645. The van der Waals surface area contributed by atoms with E-state index in [0.29, 0.717) is 0 Å². The third-order valence-corrected chi connectivity index (χ3v) is 8.14. The van der Waals surface area contributed by atoms with Gasteiger partial charge in [0.1, 0.15) is 0 Å². The molecule has 20 heavy (non-hydrogen) atoms. The highest BCUT2D eigenvalue weighted by atomic mass is 31.1. The standard InChI is InChI=1S/C17H25O2P/c1-11-9-10-12(2)20(11)16-8-6-5-7-15(16)17-18-13(3)14(4)19-17/h5-8,11-14,17H,9-10H2,1-4H3/t11-,12-,13-,14-/m0/s1. The van der Waals surface area contributed by atoms with Gasteiger partial charge in [-0.05, 0) is 43.3 Å². The monoisotopic (exact) mass is 292 g/mol. The second kappa shape index (κ2) is 5.75. The highest BCUT2D eigenvalue weighted by molar-refractivity contribution is 7.67. The van der Waals surface area contributed by atoms with E-state index in [4.69, 9.17) is 9.47 Å². The molecule has 1 aromatic carbocycles. The van der Waals surface area contributed by atoms with Gasteiger partial charge in [0, 0.05) is 5.56 Å². The first-order valence-electron chi connectivity index (χ1n) is 7.76. The highest BCUT2D eigenvalue weighted by Gasteiger charge is 2.37. The van der Waals surface area contributed by atoms with Crippen molar-refractivity contribution >= 4 is 13.2 Å². The van der Waals surface area contributed by atoms with E-state index in [-0.39, 0.29) is 26.4 Å². The Morgan fingerprint density at radius 3 is 2.05 bits per heavy atom. The molecule has 0 unspecified atom stereocenters. The molecule has 0 radical (unpaired) electrons. The first kappa shape index (κ1) is 14.5. The molecule has 1 aromatic rings. The predicted molar refractivity (Wildman–Crippen MR) is 85.0 cm³/mol. The van der Waals surface area contributed by atoms with Crippen LogP contribution >= 0.6 is 7.92 Å².